The number of nitrogens with zero attached hydrogens (tertiary/aromatic N) is 1. The van der Waals surface area contributed by atoms with Gasteiger partial charge in [0.15, 0.2) is 0 Å². The largest absolute Gasteiger partial charge is 0.462 e. The van der Waals surface area contributed by atoms with E-state index in [4.69, 9.17) is 9.47 Å². The Morgan fingerprint density at radius 3 is 3.25 bits per heavy atom. The number of pyridine rings is 1. The predicted octanol–water partition coefficient (Wildman–Crippen LogP) is 1.41. The highest BCUT2D eigenvalue weighted by Gasteiger charge is 2.18. The summed E-state index contributed by atoms with van der Waals surface area (Å²) in [5.74, 6) is -0.942. The van der Waals surface area contributed by atoms with Gasteiger partial charge in [0, 0.05) is 24.8 Å². The lowest BCUT2D eigenvalue weighted by Gasteiger charge is -2.08. The van der Waals surface area contributed by atoms with Gasteiger partial charge in [0.25, 0.3) is 0 Å². The molecule has 1 aromatic rings. The van der Waals surface area contributed by atoms with Gasteiger partial charge >= 0.3 is 5.97 Å². The van der Waals surface area contributed by atoms with E-state index in [1.165, 1.54) is 12.3 Å². The van der Waals surface area contributed by atoms with E-state index in [2.05, 4.69) is 4.98 Å². The van der Waals surface area contributed by atoms with Gasteiger partial charge in [0.05, 0.1) is 18.8 Å². The van der Waals surface area contributed by atoms with E-state index in [9.17, 15) is 9.18 Å². The highest BCUT2D eigenvalue weighted by Crippen LogP contribution is 2.13. The zero-order valence-corrected chi connectivity index (χ0v) is 8.69. The van der Waals surface area contributed by atoms with Crippen molar-refractivity contribution in [1.29, 1.82) is 0 Å². The van der Waals surface area contributed by atoms with E-state index in [0.29, 0.717) is 19.8 Å². The average Bonchev–Trinajstić information content (AvgIpc) is 2.78. The fraction of sp³-hybridized carbons (Fsp3) is 0.455. The number of halogens is 1. The molecule has 1 saturated heterocycles. The molecule has 0 N–H and O–H groups in total. The minimum atomic E-state index is -0.682. The molecule has 1 atom stereocenters. The van der Waals surface area contributed by atoms with Crippen molar-refractivity contribution >= 4 is 5.97 Å². The van der Waals surface area contributed by atoms with Crippen LogP contribution in [0.4, 0.5) is 4.39 Å². The van der Waals surface area contributed by atoms with Crippen LogP contribution in [0.5, 0.6) is 0 Å². The number of aromatic nitrogens is 1. The second-order valence-corrected chi connectivity index (χ2v) is 3.70. The van der Waals surface area contributed by atoms with Crippen LogP contribution >= 0.6 is 0 Å². The van der Waals surface area contributed by atoms with Gasteiger partial charge in [-0.2, -0.15) is 4.39 Å². The van der Waals surface area contributed by atoms with Gasteiger partial charge in [0.1, 0.15) is 0 Å². The SMILES string of the molecule is O=C(OCC1CCOC1)c1ccnc(F)c1. The minimum Gasteiger partial charge on any atom is -0.462 e. The first kappa shape index (κ1) is 11.0. The van der Waals surface area contributed by atoms with Gasteiger partial charge < -0.3 is 9.47 Å². The first-order valence-corrected chi connectivity index (χ1v) is 5.12. The zero-order chi connectivity index (χ0) is 11.4. The Hall–Kier alpha value is -1.49. The summed E-state index contributed by atoms with van der Waals surface area (Å²) >= 11 is 0. The van der Waals surface area contributed by atoms with Crippen molar-refractivity contribution in [2.75, 3.05) is 19.8 Å². The lowest BCUT2D eigenvalue weighted by Crippen LogP contribution is -2.14. The summed E-state index contributed by atoms with van der Waals surface area (Å²) in [4.78, 5) is 14.9. The second-order valence-electron chi connectivity index (χ2n) is 3.70. The standard InChI is InChI=1S/C11H12FNO3/c12-10-5-9(1-3-13-10)11(14)16-7-8-2-4-15-6-8/h1,3,5,8H,2,4,6-7H2. The minimum absolute atomic E-state index is 0.186. The number of carbonyl (C=O) groups is 1. The molecule has 2 heterocycles. The second kappa shape index (κ2) is 5.03. The summed E-state index contributed by atoms with van der Waals surface area (Å²) in [6.07, 6.45) is 2.14. The molecule has 16 heavy (non-hydrogen) atoms. The average molecular weight is 225 g/mol. The van der Waals surface area contributed by atoms with Crippen molar-refractivity contribution in [3.63, 3.8) is 0 Å². The van der Waals surface area contributed by atoms with Crippen LogP contribution in [0.15, 0.2) is 18.3 Å². The first-order chi connectivity index (χ1) is 7.75. The first-order valence-electron chi connectivity index (χ1n) is 5.12. The predicted molar refractivity (Wildman–Crippen MR) is 53.4 cm³/mol. The van der Waals surface area contributed by atoms with Crippen LogP contribution < -0.4 is 0 Å². The van der Waals surface area contributed by atoms with E-state index in [1.807, 2.05) is 0 Å². The number of esters is 1. The molecule has 1 fully saturated rings. The van der Waals surface area contributed by atoms with Crippen molar-refractivity contribution in [1.82, 2.24) is 4.98 Å². The van der Waals surface area contributed by atoms with Crippen molar-refractivity contribution < 1.29 is 18.7 Å². The molecule has 1 aromatic heterocycles. The third kappa shape index (κ3) is 2.76. The van der Waals surface area contributed by atoms with Crippen molar-refractivity contribution in [2.24, 2.45) is 5.92 Å². The highest BCUT2D eigenvalue weighted by molar-refractivity contribution is 5.89. The molecule has 5 heteroatoms. The number of ether oxygens (including phenoxy) is 2. The zero-order valence-electron chi connectivity index (χ0n) is 8.69. The van der Waals surface area contributed by atoms with Crippen molar-refractivity contribution in [3.05, 3.63) is 29.8 Å². The Morgan fingerprint density at radius 2 is 2.56 bits per heavy atom. The molecule has 0 bridgehead atoms. The monoisotopic (exact) mass is 225 g/mol. The van der Waals surface area contributed by atoms with Crippen molar-refractivity contribution in [2.45, 2.75) is 6.42 Å². The lowest BCUT2D eigenvalue weighted by atomic mass is 10.1. The van der Waals surface area contributed by atoms with Crippen LogP contribution in [0.25, 0.3) is 0 Å². The van der Waals surface area contributed by atoms with Gasteiger partial charge in [-0.15, -0.1) is 0 Å². The quantitative estimate of drug-likeness (QED) is 0.576. The third-order valence-corrected chi connectivity index (χ3v) is 2.44. The van der Waals surface area contributed by atoms with Crippen LogP contribution in [0.1, 0.15) is 16.8 Å². The number of carbonyl (C=O) groups excluding carboxylic acids is 1. The molecule has 0 aliphatic carbocycles. The van der Waals surface area contributed by atoms with Gasteiger partial charge in [-0.3, -0.25) is 0 Å². The Kier molecular flexibility index (Phi) is 3.46. The molecule has 1 aliphatic rings. The van der Waals surface area contributed by atoms with Gasteiger partial charge in [-0.05, 0) is 12.5 Å². The molecule has 86 valence electrons. The molecule has 1 unspecified atom stereocenters. The molecule has 0 aromatic carbocycles. The third-order valence-electron chi connectivity index (χ3n) is 2.44. The van der Waals surface area contributed by atoms with E-state index >= 15 is 0 Å². The molecule has 0 amide bonds. The normalized spacial score (nSPS) is 19.7. The number of hydrogen-bond acceptors (Lipinski definition) is 4. The molecule has 0 radical (unpaired) electrons. The summed E-state index contributed by atoms with van der Waals surface area (Å²) in [6.45, 7) is 1.66. The molecule has 2 rings (SSSR count). The molecule has 1 aliphatic heterocycles. The number of rotatable bonds is 3. The van der Waals surface area contributed by atoms with Crippen LogP contribution in [-0.2, 0) is 9.47 Å². The number of hydrogen-bond donors (Lipinski definition) is 0. The molecule has 4 nitrogen and oxygen atoms in total. The maximum absolute atomic E-state index is 12.7. The molecule has 0 spiro atoms. The van der Waals surface area contributed by atoms with Gasteiger partial charge in [0.2, 0.25) is 5.95 Å². The molecular weight excluding hydrogens is 213 g/mol. The van der Waals surface area contributed by atoms with E-state index in [1.54, 1.807) is 0 Å². The summed E-state index contributed by atoms with van der Waals surface area (Å²) in [7, 11) is 0. The van der Waals surface area contributed by atoms with Crippen LogP contribution in [-0.4, -0.2) is 30.8 Å². The van der Waals surface area contributed by atoms with Crippen LogP contribution in [0, 0.1) is 11.9 Å². The molecular formula is C11H12FNO3. The summed E-state index contributed by atoms with van der Waals surface area (Å²) in [6, 6.07) is 2.49. The summed E-state index contributed by atoms with van der Waals surface area (Å²) in [5.41, 5.74) is 0.186. The van der Waals surface area contributed by atoms with E-state index < -0.39 is 11.9 Å². The topological polar surface area (TPSA) is 48.4 Å². The van der Waals surface area contributed by atoms with Crippen molar-refractivity contribution in [3.8, 4) is 0 Å². The highest BCUT2D eigenvalue weighted by atomic mass is 19.1. The Morgan fingerprint density at radius 1 is 1.69 bits per heavy atom. The van der Waals surface area contributed by atoms with Crippen LogP contribution in [0.3, 0.4) is 0 Å². The smallest absolute Gasteiger partial charge is 0.338 e. The lowest BCUT2D eigenvalue weighted by molar-refractivity contribution is 0.0427. The summed E-state index contributed by atoms with van der Waals surface area (Å²) < 4.78 is 22.9. The Balaban J connectivity index is 1.87. The van der Waals surface area contributed by atoms with Gasteiger partial charge in [-0.25, -0.2) is 9.78 Å². The summed E-state index contributed by atoms with van der Waals surface area (Å²) in [5, 5.41) is 0. The molecule has 0 saturated carbocycles. The van der Waals surface area contributed by atoms with Crippen LogP contribution in [0.2, 0.25) is 0 Å². The Labute approximate surface area is 92.4 Å². The Bertz CT molecular complexity index is 377. The fourth-order valence-corrected chi connectivity index (χ4v) is 1.52. The van der Waals surface area contributed by atoms with Gasteiger partial charge in [-0.1, -0.05) is 0 Å². The maximum atomic E-state index is 12.7. The van der Waals surface area contributed by atoms with E-state index in [-0.39, 0.29) is 11.5 Å². The maximum Gasteiger partial charge on any atom is 0.338 e. The fourth-order valence-electron chi connectivity index (χ4n) is 1.52. The van der Waals surface area contributed by atoms with E-state index in [0.717, 1.165) is 12.5 Å².